The molecule has 0 radical (unpaired) electrons. The molecule has 16 heavy (non-hydrogen) atoms. The van der Waals surface area contributed by atoms with E-state index in [1.807, 2.05) is 0 Å². The van der Waals surface area contributed by atoms with Gasteiger partial charge in [-0.05, 0) is 38.1 Å². The van der Waals surface area contributed by atoms with Crippen LogP contribution >= 0.6 is 0 Å². The molecule has 0 aliphatic carbocycles. The fourth-order valence-corrected chi connectivity index (χ4v) is 2.16. The SMILES string of the molecule is CCCCC(CC)CNC(C)CC(C)CC. The van der Waals surface area contributed by atoms with E-state index < -0.39 is 0 Å². The molecule has 1 heteroatoms. The second-order valence-electron chi connectivity index (χ2n) is 5.47. The van der Waals surface area contributed by atoms with Crippen LogP contribution in [0.25, 0.3) is 0 Å². The Balaban J connectivity index is 3.65. The summed E-state index contributed by atoms with van der Waals surface area (Å²) >= 11 is 0. The van der Waals surface area contributed by atoms with Gasteiger partial charge in [-0.3, -0.25) is 0 Å². The van der Waals surface area contributed by atoms with Crippen molar-refractivity contribution in [1.82, 2.24) is 5.32 Å². The van der Waals surface area contributed by atoms with Gasteiger partial charge in [0, 0.05) is 6.04 Å². The third-order valence-corrected chi connectivity index (χ3v) is 3.75. The molecule has 0 rings (SSSR count). The topological polar surface area (TPSA) is 12.0 Å². The van der Waals surface area contributed by atoms with E-state index in [4.69, 9.17) is 0 Å². The van der Waals surface area contributed by atoms with Crippen LogP contribution in [0.1, 0.15) is 73.1 Å². The lowest BCUT2D eigenvalue weighted by molar-refractivity contribution is 0.359. The molecule has 0 aromatic heterocycles. The Labute approximate surface area is 103 Å². The lowest BCUT2D eigenvalue weighted by Crippen LogP contribution is -2.32. The van der Waals surface area contributed by atoms with Gasteiger partial charge in [0.2, 0.25) is 0 Å². The molecule has 0 saturated heterocycles. The lowest BCUT2D eigenvalue weighted by Gasteiger charge is -2.21. The van der Waals surface area contributed by atoms with Gasteiger partial charge in [-0.1, -0.05) is 53.4 Å². The molecule has 3 unspecified atom stereocenters. The van der Waals surface area contributed by atoms with Crippen molar-refractivity contribution in [1.29, 1.82) is 0 Å². The Bertz CT molecular complexity index is 144. The van der Waals surface area contributed by atoms with Crippen LogP contribution in [-0.4, -0.2) is 12.6 Å². The molecule has 1 nitrogen and oxygen atoms in total. The molecule has 0 aliphatic rings. The number of nitrogens with one attached hydrogen (secondary N) is 1. The van der Waals surface area contributed by atoms with Crippen LogP contribution in [0.3, 0.4) is 0 Å². The maximum atomic E-state index is 3.71. The maximum Gasteiger partial charge on any atom is 0.00413 e. The Hall–Kier alpha value is -0.0400. The van der Waals surface area contributed by atoms with Gasteiger partial charge in [-0.2, -0.15) is 0 Å². The molecule has 0 bridgehead atoms. The van der Waals surface area contributed by atoms with Gasteiger partial charge in [-0.25, -0.2) is 0 Å². The molecule has 1 N–H and O–H groups in total. The largest absolute Gasteiger partial charge is 0.314 e. The molecular weight excluding hydrogens is 194 g/mol. The lowest BCUT2D eigenvalue weighted by atomic mass is 9.97. The van der Waals surface area contributed by atoms with Gasteiger partial charge in [0.15, 0.2) is 0 Å². The Morgan fingerprint density at radius 2 is 1.69 bits per heavy atom. The fourth-order valence-electron chi connectivity index (χ4n) is 2.16. The van der Waals surface area contributed by atoms with Crippen LogP contribution in [0.4, 0.5) is 0 Å². The van der Waals surface area contributed by atoms with E-state index in [0.29, 0.717) is 6.04 Å². The number of hydrogen-bond donors (Lipinski definition) is 1. The smallest absolute Gasteiger partial charge is 0.00413 e. The molecule has 0 spiro atoms. The average molecular weight is 227 g/mol. The molecule has 0 aromatic carbocycles. The van der Waals surface area contributed by atoms with Crippen molar-refractivity contribution >= 4 is 0 Å². The highest BCUT2D eigenvalue weighted by Crippen LogP contribution is 2.13. The van der Waals surface area contributed by atoms with Crippen LogP contribution in [0, 0.1) is 11.8 Å². The second-order valence-corrected chi connectivity index (χ2v) is 5.47. The summed E-state index contributed by atoms with van der Waals surface area (Å²) in [5.41, 5.74) is 0. The molecule has 0 aromatic rings. The second kappa shape index (κ2) is 10.1. The first kappa shape index (κ1) is 16.0. The molecule has 0 saturated carbocycles. The average Bonchev–Trinajstić information content (AvgIpc) is 2.29. The summed E-state index contributed by atoms with van der Waals surface area (Å²) in [6.07, 6.45) is 8.07. The van der Waals surface area contributed by atoms with E-state index in [1.54, 1.807) is 0 Å². The van der Waals surface area contributed by atoms with Crippen molar-refractivity contribution in [2.75, 3.05) is 6.54 Å². The Morgan fingerprint density at radius 3 is 2.19 bits per heavy atom. The standard InChI is InChI=1S/C15H33N/c1-6-9-10-15(8-3)12-16-14(5)11-13(4)7-2/h13-16H,6-12H2,1-5H3. The normalized spacial score (nSPS) is 17.1. The monoisotopic (exact) mass is 227 g/mol. The van der Waals surface area contributed by atoms with Gasteiger partial charge in [0.1, 0.15) is 0 Å². The summed E-state index contributed by atoms with van der Waals surface area (Å²) in [4.78, 5) is 0. The Kier molecular flexibility index (Phi) is 10.1. The maximum absolute atomic E-state index is 3.71. The molecule has 3 atom stereocenters. The van der Waals surface area contributed by atoms with Crippen LogP contribution in [0.15, 0.2) is 0 Å². The predicted molar refractivity (Wildman–Crippen MR) is 74.8 cm³/mol. The van der Waals surface area contributed by atoms with Gasteiger partial charge in [0.05, 0.1) is 0 Å². The van der Waals surface area contributed by atoms with Crippen LogP contribution < -0.4 is 5.32 Å². The minimum atomic E-state index is 0.686. The first-order valence-electron chi connectivity index (χ1n) is 7.37. The zero-order valence-corrected chi connectivity index (χ0v) is 12.2. The van der Waals surface area contributed by atoms with Crippen molar-refractivity contribution in [3.63, 3.8) is 0 Å². The Morgan fingerprint density at radius 1 is 1.00 bits per heavy atom. The molecule has 0 fully saturated rings. The minimum Gasteiger partial charge on any atom is -0.314 e. The van der Waals surface area contributed by atoms with Crippen LogP contribution in [-0.2, 0) is 0 Å². The van der Waals surface area contributed by atoms with Crippen molar-refractivity contribution in [3.05, 3.63) is 0 Å². The molecule has 0 amide bonds. The minimum absolute atomic E-state index is 0.686. The van der Waals surface area contributed by atoms with Crippen LogP contribution in [0.5, 0.6) is 0 Å². The van der Waals surface area contributed by atoms with Crippen molar-refractivity contribution < 1.29 is 0 Å². The molecule has 0 aliphatic heterocycles. The highest BCUT2D eigenvalue weighted by molar-refractivity contribution is 4.68. The summed E-state index contributed by atoms with van der Waals surface area (Å²) in [6, 6.07) is 0.686. The first-order valence-corrected chi connectivity index (χ1v) is 7.37. The van der Waals surface area contributed by atoms with Crippen LogP contribution in [0.2, 0.25) is 0 Å². The molecule has 0 heterocycles. The summed E-state index contributed by atoms with van der Waals surface area (Å²) in [6.45, 7) is 12.8. The van der Waals surface area contributed by atoms with Gasteiger partial charge in [-0.15, -0.1) is 0 Å². The van der Waals surface area contributed by atoms with Crippen molar-refractivity contribution in [3.8, 4) is 0 Å². The van der Waals surface area contributed by atoms with E-state index >= 15 is 0 Å². The predicted octanol–water partition coefficient (Wildman–Crippen LogP) is 4.62. The number of rotatable bonds is 10. The quantitative estimate of drug-likeness (QED) is 0.574. The van der Waals surface area contributed by atoms with E-state index in [0.717, 1.165) is 11.8 Å². The third-order valence-electron chi connectivity index (χ3n) is 3.75. The number of hydrogen-bond acceptors (Lipinski definition) is 1. The molecular formula is C15H33N. The van der Waals surface area contributed by atoms with E-state index in [1.165, 1.54) is 45.1 Å². The van der Waals surface area contributed by atoms with E-state index in [2.05, 4.69) is 39.9 Å². The third kappa shape index (κ3) is 8.15. The zero-order chi connectivity index (χ0) is 12.4. The zero-order valence-electron chi connectivity index (χ0n) is 12.2. The van der Waals surface area contributed by atoms with Crippen molar-refractivity contribution in [2.45, 2.75) is 79.2 Å². The van der Waals surface area contributed by atoms with Gasteiger partial charge in [0.25, 0.3) is 0 Å². The van der Waals surface area contributed by atoms with E-state index in [9.17, 15) is 0 Å². The van der Waals surface area contributed by atoms with Gasteiger partial charge < -0.3 is 5.32 Å². The van der Waals surface area contributed by atoms with E-state index in [-0.39, 0.29) is 0 Å². The summed E-state index contributed by atoms with van der Waals surface area (Å²) < 4.78 is 0. The number of unbranched alkanes of at least 4 members (excludes halogenated alkanes) is 1. The first-order chi connectivity index (χ1) is 7.63. The fraction of sp³-hybridized carbons (Fsp3) is 1.00. The van der Waals surface area contributed by atoms with Gasteiger partial charge >= 0.3 is 0 Å². The van der Waals surface area contributed by atoms with Crippen molar-refractivity contribution in [2.24, 2.45) is 11.8 Å². The highest BCUT2D eigenvalue weighted by Gasteiger charge is 2.10. The summed E-state index contributed by atoms with van der Waals surface area (Å²) in [5.74, 6) is 1.75. The summed E-state index contributed by atoms with van der Waals surface area (Å²) in [5, 5.41) is 3.71. The summed E-state index contributed by atoms with van der Waals surface area (Å²) in [7, 11) is 0. The molecule has 98 valence electrons. The highest BCUT2D eigenvalue weighted by atomic mass is 14.9.